The van der Waals surface area contributed by atoms with Crippen LogP contribution in [0.15, 0.2) is 0 Å². The van der Waals surface area contributed by atoms with Gasteiger partial charge in [0.25, 0.3) is 0 Å². The molecule has 0 atom stereocenters. The smallest absolute Gasteiger partial charge is 0.372 e. The van der Waals surface area contributed by atoms with Gasteiger partial charge < -0.3 is 5.73 Å². The minimum Gasteiger partial charge on any atom is -0.372 e. The van der Waals surface area contributed by atoms with Crippen LogP contribution in [0.4, 0.5) is 0 Å². The molecule has 0 radical (unpaired) electrons. The maximum atomic E-state index is 8.58. The molecule has 0 aromatic rings. The van der Waals surface area contributed by atoms with Crippen molar-refractivity contribution in [1.82, 2.24) is 0 Å². The minimum atomic E-state index is 0. The van der Waals surface area contributed by atoms with E-state index in [4.69, 9.17) is 4.79 Å². The van der Waals surface area contributed by atoms with Crippen LogP contribution in [0.25, 0.3) is 0 Å². The fourth-order valence-corrected chi connectivity index (χ4v) is 0. The zero-order valence-electron chi connectivity index (χ0n) is 2.56. The molecule has 0 saturated carbocycles. The SMILES string of the molecule is NC=O.[Cs+]. The van der Waals surface area contributed by atoms with Gasteiger partial charge in [-0.25, -0.2) is 0 Å². The van der Waals surface area contributed by atoms with Crippen molar-refractivity contribution < 1.29 is 73.7 Å². The van der Waals surface area contributed by atoms with Gasteiger partial charge in [0.15, 0.2) is 0 Å². The molecule has 0 aromatic carbocycles. The fourth-order valence-electron chi connectivity index (χ4n) is 0. The molecule has 0 aromatic heterocycles. The average molecular weight is 178 g/mol. The number of rotatable bonds is 0. The summed E-state index contributed by atoms with van der Waals surface area (Å²) in [6.07, 6.45) is 0.250. The predicted octanol–water partition coefficient (Wildman–Crippen LogP) is -3.89. The number of hydrogen-bond donors (Lipinski definition) is 1. The Morgan fingerprint density at radius 2 is 1.75 bits per heavy atom. The molecule has 0 aliphatic rings. The van der Waals surface area contributed by atoms with Crippen molar-refractivity contribution in [2.45, 2.75) is 0 Å². The molecule has 0 heterocycles. The van der Waals surface area contributed by atoms with E-state index >= 15 is 0 Å². The molecule has 0 unspecified atom stereocenters. The standard InChI is InChI=1S/CH3NO.Cs/c2-1-3;/h1H,(H2,2,3);/q;+1. The van der Waals surface area contributed by atoms with Crippen LogP contribution in [-0.2, 0) is 4.79 Å². The molecule has 0 saturated heterocycles. The average Bonchev–Trinajstić information content (AvgIpc) is 0.918. The first kappa shape index (κ1) is 9.10. The maximum Gasteiger partial charge on any atom is 1.00 e. The molecule has 18 valence electrons. The third kappa shape index (κ3) is 9.67. The molecule has 0 spiro atoms. The van der Waals surface area contributed by atoms with Gasteiger partial charge in [-0.05, 0) is 0 Å². The van der Waals surface area contributed by atoms with E-state index in [1.165, 1.54) is 0 Å². The summed E-state index contributed by atoms with van der Waals surface area (Å²) >= 11 is 0. The number of hydrogen-bond acceptors (Lipinski definition) is 1. The van der Waals surface area contributed by atoms with Gasteiger partial charge in [0.2, 0.25) is 6.41 Å². The van der Waals surface area contributed by atoms with Crippen molar-refractivity contribution in [2.75, 3.05) is 0 Å². The van der Waals surface area contributed by atoms with Crippen LogP contribution in [-0.4, -0.2) is 6.41 Å². The molecular formula is CH3CsNO+. The summed E-state index contributed by atoms with van der Waals surface area (Å²) in [5.74, 6) is 0. The molecule has 0 rings (SSSR count). The summed E-state index contributed by atoms with van der Waals surface area (Å²) in [4.78, 5) is 8.58. The first-order chi connectivity index (χ1) is 1.41. The Morgan fingerprint density at radius 1 is 1.75 bits per heavy atom. The quantitative estimate of drug-likeness (QED) is 0.378. The molecule has 0 aliphatic heterocycles. The Morgan fingerprint density at radius 3 is 1.75 bits per heavy atom. The van der Waals surface area contributed by atoms with Gasteiger partial charge in [-0.15, -0.1) is 0 Å². The van der Waals surface area contributed by atoms with Gasteiger partial charge in [0, 0.05) is 0 Å². The van der Waals surface area contributed by atoms with E-state index in [2.05, 4.69) is 5.73 Å². The van der Waals surface area contributed by atoms with Crippen molar-refractivity contribution >= 4 is 6.41 Å². The van der Waals surface area contributed by atoms with E-state index in [1.807, 2.05) is 0 Å². The number of nitrogens with two attached hydrogens (primary N) is 1. The van der Waals surface area contributed by atoms with Crippen molar-refractivity contribution in [1.29, 1.82) is 0 Å². The molecular weight excluding hydrogens is 175 g/mol. The summed E-state index contributed by atoms with van der Waals surface area (Å²) in [5, 5.41) is 0. The van der Waals surface area contributed by atoms with Crippen LogP contribution in [0.1, 0.15) is 0 Å². The van der Waals surface area contributed by atoms with Crippen LogP contribution < -0.4 is 74.6 Å². The predicted molar refractivity (Wildman–Crippen MR) is 10.3 cm³/mol. The third-order valence-corrected chi connectivity index (χ3v) is 0. The first-order valence-electron chi connectivity index (χ1n) is 0.569. The molecule has 4 heavy (non-hydrogen) atoms. The summed E-state index contributed by atoms with van der Waals surface area (Å²) in [5.41, 5.74) is 4.17. The molecule has 2 nitrogen and oxygen atoms in total. The molecule has 0 aliphatic carbocycles. The summed E-state index contributed by atoms with van der Waals surface area (Å²) in [7, 11) is 0. The summed E-state index contributed by atoms with van der Waals surface area (Å²) in [6, 6.07) is 0. The van der Waals surface area contributed by atoms with Crippen molar-refractivity contribution in [2.24, 2.45) is 5.73 Å². The molecule has 2 N–H and O–H groups in total. The number of carbonyl (C=O) groups is 1. The monoisotopic (exact) mass is 178 g/mol. The second-order valence-electron chi connectivity index (χ2n) is 0.136. The minimum absolute atomic E-state index is 0. The normalized spacial score (nSPS) is 3.00. The Bertz CT molecular complexity index is 15.5. The van der Waals surface area contributed by atoms with E-state index in [-0.39, 0.29) is 75.3 Å². The largest absolute Gasteiger partial charge is 1.00 e. The van der Waals surface area contributed by atoms with E-state index in [1.54, 1.807) is 0 Å². The van der Waals surface area contributed by atoms with Crippen molar-refractivity contribution in [3.05, 3.63) is 0 Å². The Balaban J connectivity index is 0. The van der Waals surface area contributed by atoms with Crippen LogP contribution in [0.3, 0.4) is 0 Å². The van der Waals surface area contributed by atoms with Gasteiger partial charge >= 0.3 is 68.9 Å². The zero-order valence-corrected chi connectivity index (χ0v) is 8.84. The zero-order chi connectivity index (χ0) is 2.71. The van der Waals surface area contributed by atoms with Crippen LogP contribution >= 0.6 is 0 Å². The topological polar surface area (TPSA) is 43.1 Å². The Kier molecular flexibility index (Phi) is 20.1. The van der Waals surface area contributed by atoms with Gasteiger partial charge in [-0.3, -0.25) is 4.79 Å². The second kappa shape index (κ2) is 8.82. The van der Waals surface area contributed by atoms with Crippen molar-refractivity contribution in [3.8, 4) is 0 Å². The van der Waals surface area contributed by atoms with E-state index in [0.29, 0.717) is 0 Å². The molecule has 0 bridgehead atoms. The number of primary amides is 1. The van der Waals surface area contributed by atoms with Crippen LogP contribution in [0, 0.1) is 0 Å². The van der Waals surface area contributed by atoms with E-state index < -0.39 is 0 Å². The Labute approximate surface area is 83.5 Å². The number of carbonyl (C=O) groups excluding carboxylic acids is 1. The van der Waals surface area contributed by atoms with Crippen LogP contribution in [0.2, 0.25) is 0 Å². The van der Waals surface area contributed by atoms with Crippen molar-refractivity contribution in [3.63, 3.8) is 0 Å². The first-order valence-corrected chi connectivity index (χ1v) is 0.569. The van der Waals surface area contributed by atoms with E-state index in [9.17, 15) is 0 Å². The number of amides is 1. The second-order valence-corrected chi connectivity index (χ2v) is 0.136. The maximum absolute atomic E-state index is 8.58. The molecule has 0 fully saturated rings. The summed E-state index contributed by atoms with van der Waals surface area (Å²) < 4.78 is 0. The van der Waals surface area contributed by atoms with Crippen LogP contribution in [0.5, 0.6) is 0 Å². The molecule has 3 heteroatoms. The van der Waals surface area contributed by atoms with Gasteiger partial charge in [-0.1, -0.05) is 0 Å². The van der Waals surface area contributed by atoms with Gasteiger partial charge in [0.05, 0.1) is 0 Å². The van der Waals surface area contributed by atoms with Gasteiger partial charge in [0.1, 0.15) is 0 Å². The van der Waals surface area contributed by atoms with Gasteiger partial charge in [-0.2, -0.15) is 0 Å². The van der Waals surface area contributed by atoms with E-state index in [0.717, 1.165) is 0 Å². The Hall–Kier alpha value is 1.52. The fraction of sp³-hybridized carbons (Fsp3) is 0. The molecule has 1 amide bonds. The summed E-state index contributed by atoms with van der Waals surface area (Å²) in [6.45, 7) is 0. The third-order valence-electron chi connectivity index (χ3n) is 0.